The van der Waals surface area contributed by atoms with Gasteiger partial charge in [-0.25, -0.2) is 4.57 Å². The molecule has 4 rings (SSSR count). The van der Waals surface area contributed by atoms with Crippen molar-refractivity contribution in [1.82, 2.24) is 4.40 Å². The highest BCUT2D eigenvalue weighted by atomic mass is 15.1. The van der Waals surface area contributed by atoms with Crippen LogP contribution < -0.4 is 4.57 Å². The van der Waals surface area contributed by atoms with E-state index in [0.717, 1.165) is 0 Å². The topological polar surface area (TPSA) is 8.29 Å². The second kappa shape index (κ2) is 7.51. The molecule has 148 valence electrons. The van der Waals surface area contributed by atoms with E-state index in [-0.39, 0.29) is 0 Å². The molecule has 2 heterocycles. The summed E-state index contributed by atoms with van der Waals surface area (Å²) in [5.41, 5.74) is 10.5. The van der Waals surface area contributed by atoms with Gasteiger partial charge in [0.1, 0.15) is 17.6 Å². The van der Waals surface area contributed by atoms with E-state index >= 15 is 0 Å². The van der Waals surface area contributed by atoms with Gasteiger partial charge in [0.2, 0.25) is 0 Å². The number of aromatic nitrogens is 2. The maximum atomic E-state index is 2.35. The first-order valence-electron chi connectivity index (χ1n) is 10.6. The van der Waals surface area contributed by atoms with Crippen LogP contribution in [0, 0.1) is 13.8 Å². The molecule has 0 spiro atoms. The lowest BCUT2D eigenvalue weighted by molar-refractivity contribution is -0.594. The Morgan fingerprint density at radius 2 is 1.28 bits per heavy atom. The molecular formula is C27H31N2+. The number of imidazole rings is 1. The number of benzene rings is 2. The van der Waals surface area contributed by atoms with Gasteiger partial charge >= 0.3 is 0 Å². The Labute approximate surface area is 174 Å². The molecule has 0 aliphatic heterocycles. The van der Waals surface area contributed by atoms with Crippen LogP contribution in [0.1, 0.15) is 61.8 Å². The molecule has 0 aliphatic rings. The van der Waals surface area contributed by atoms with Crippen LogP contribution >= 0.6 is 0 Å². The maximum absolute atomic E-state index is 2.35. The van der Waals surface area contributed by atoms with Gasteiger partial charge in [0.05, 0.1) is 0 Å². The molecule has 0 saturated carbocycles. The zero-order valence-corrected chi connectivity index (χ0v) is 18.4. The Bertz CT molecular complexity index is 1130. The van der Waals surface area contributed by atoms with Gasteiger partial charge < -0.3 is 0 Å². The largest absolute Gasteiger partial charge is 0.254 e. The fourth-order valence-electron chi connectivity index (χ4n) is 4.46. The van der Waals surface area contributed by atoms with E-state index in [1.807, 2.05) is 0 Å². The molecule has 0 saturated heterocycles. The van der Waals surface area contributed by atoms with Crippen LogP contribution in [-0.4, -0.2) is 4.40 Å². The van der Waals surface area contributed by atoms with Gasteiger partial charge in [-0.3, -0.25) is 0 Å². The van der Waals surface area contributed by atoms with E-state index in [0.29, 0.717) is 11.8 Å². The molecular weight excluding hydrogens is 352 g/mol. The maximum Gasteiger partial charge on any atom is 0.254 e. The Balaban J connectivity index is 2.02. The van der Waals surface area contributed by atoms with Crippen molar-refractivity contribution >= 4 is 5.52 Å². The summed E-state index contributed by atoms with van der Waals surface area (Å²) in [4.78, 5) is 0. The molecule has 0 radical (unpaired) electrons. The van der Waals surface area contributed by atoms with Gasteiger partial charge in [-0.15, -0.1) is 0 Å². The van der Waals surface area contributed by atoms with Gasteiger partial charge in [0, 0.05) is 5.56 Å². The van der Waals surface area contributed by atoms with Gasteiger partial charge in [-0.05, 0) is 60.1 Å². The number of hydrogen-bond donors (Lipinski definition) is 0. The molecule has 0 atom stereocenters. The van der Waals surface area contributed by atoms with E-state index in [4.69, 9.17) is 0 Å². The zero-order chi connectivity index (χ0) is 20.7. The molecule has 2 nitrogen and oxygen atoms in total. The Kier molecular flexibility index (Phi) is 5.04. The summed E-state index contributed by atoms with van der Waals surface area (Å²) in [5.74, 6) is 0.945. The Hall–Kier alpha value is -2.87. The third-order valence-corrected chi connectivity index (χ3v) is 5.90. The van der Waals surface area contributed by atoms with Crippen molar-refractivity contribution in [2.24, 2.45) is 0 Å². The van der Waals surface area contributed by atoms with Crippen LogP contribution in [0.4, 0.5) is 0 Å². The van der Waals surface area contributed by atoms with Crippen LogP contribution in [0.2, 0.25) is 0 Å². The first-order valence-corrected chi connectivity index (χ1v) is 10.6. The summed E-state index contributed by atoms with van der Waals surface area (Å²) in [5, 5.41) is 0. The minimum absolute atomic E-state index is 0.472. The van der Waals surface area contributed by atoms with Crippen molar-refractivity contribution in [2.75, 3.05) is 0 Å². The summed E-state index contributed by atoms with van der Waals surface area (Å²) in [6.07, 6.45) is 4.48. The average molecular weight is 384 g/mol. The Morgan fingerprint density at radius 1 is 0.724 bits per heavy atom. The van der Waals surface area contributed by atoms with E-state index in [1.165, 1.54) is 44.7 Å². The second-order valence-electron chi connectivity index (χ2n) is 8.72. The van der Waals surface area contributed by atoms with Crippen LogP contribution in [0.15, 0.2) is 67.1 Å². The van der Waals surface area contributed by atoms with Crippen LogP contribution in [0.3, 0.4) is 0 Å². The number of pyridine rings is 1. The predicted molar refractivity (Wildman–Crippen MR) is 122 cm³/mol. The summed E-state index contributed by atoms with van der Waals surface area (Å²) in [7, 11) is 0. The van der Waals surface area contributed by atoms with Crippen molar-refractivity contribution in [1.29, 1.82) is 0 Å². The molecule has 0 unspecified atom stereocenters. The van der Waals surface area contributed by atoms with Crippen LogP contribution in [0.5, 0.6) is 0 Å². The lowest BCUT2D eigenvalue weighted by Gasteiger charge is -2.18. The molecule has 0 fully saturated rings. The van der Waals surface area contributed by atoms with Crippen molar-refractivity contribution in [3.63, 3.8) is 0 Å². The Morgan fingerprint density at radius 3 is 1.86 bits per heavy atom. The van der Waals surface area contributed by atoms with Gasteiger partial charge in [0.25, 0.3) is 6.33 Å². The fraction of sp³-hybridized carbons (Fsp3) is 0.296. The minimum atomic E-state index is 0.472. The van der Waals surface area contributed by atoms with Gasteiger partial charge in [-0.2, -0.15) is 4.40 Å². The summed E-state index contributed by atoms with van der Waals surface area (Å²) < 4.78 is 4.62. The highest BCUT2D eigenvalue weighted by Gasteiger charge is 2.22. The highest BCUT2D eigenvalue weighted by molar-refractivity contribution is 5.72. The lowest BCUT2D eigenvalue weighted by Crippen LogP contribution is -2.29. The lowest BCUT2D eigenvalue weighted by atomic mass is 9.87. The molecule has 2 aromatic carbocycles. The molecule has 29 heavy (non-hydrogen) atoms. The van der Waals surface area contributed by atoms with Gasteiger partial charge in [0.15, 0.2) is 5.52 Å². The van der Waals surface area contributed by atoms with Crippen molar-refractivity contribution < 1.29 is 4.57 Å². The van der Waals surface area contributed by atoms with Gasteiger partial charge in [-0.1, -0.05) is 70.2 Å². The summed E-state index contributed by atoms with van der Waals surface area (Å²) >= 11 is 0. The first-order chi connectivity index (χ1) is 13.9. The normalized spacial score (nSPS) is 11.7. The van der Waals surface area contributed by atoms with Crippen LogP contribution in [0.25, 0.3) is 22.5 Å². The first kappa shape index (κ1) is 19.4. The smallest absolute Gasteiger partial charge is 0.201 e. The minimum Gasteiger partial charge on any atom is -0.201 e. The van der Waals surface area contributed by atoms with E-state index in [2.05, 4.69) is 118 Å². The molecule has 0 amide bonds. The molecule has 2 heteroatoms. The number of para-hydroxylation sites is 1. The standard InChI is InChI=1S/C27H31N2/c1-18(2)23-13-9-14-24(19(3)4)26(23)25-15-8-12-22-16-28(17-29(22)25)27-20(5)10-7-11-21(27)6/h7-19H,1-6H3/q+1. The van der Waals surface area contributed by atoms with Crippen molar-refractivity contribution in [2.45, 2.75) is 53.4 Å². The molecule has 0 bridgehead atoms. The summed E-state index contributed by atoms with van der Waals surface area (Å²) in [6.45, 7) is 13.5. The summed E-state index contributed by atoms with van der Waals surface area (Å²) in [6, 6.07) is 19.9. The number of nitrogens with zero attached hydrogens (tertiary/aromatic N) is 2. The van der Waals surface area contributed by atoms with E-state index in [1.54, 1.807) is 0 Å². The van der Waals surface area contributed by atoms with E-state index < -0.39 is 0 Å². The number of rotatable bonds is 4. The molecule has 0 aliphatic carbocycles. The number of fused-ring (bicyclic) bond motifs is 1. The number of aryl methyl sites for hydroxylation is 2. The quantitative estimate of drug-likeness (QED) is 0.345. The zero-order valence-electron chi connectivity index (χ0n) is 18.4. The second-order valence-corrected chi connectivity index (χ2v) is 8.72. The third-order valence-electron chi connectivity index (χ3n) is 5.90. The monoisotopic (exact) mass is 383 g/mol. The fourth-order valence-corrected chi connectivity index (χ4v) is 4.46. The third kappa shape index (κ3) is 3.37. The predicted octanol–water partition coefficient (Wildman–Crippen LogP) is 6.75. The molecule has 4 aromatic rings. The van der Waals surface area contributed by atoms with Crippen molar-refractivity contribution in [3.05, 3.63) is 89.4 Å². The SMILES string of the molecule is Cc1cccc(C)c1-[n+]1cc2cccc(-c3c(C(C)C)cccc3C(C)C)n2c1. The average Bonchev–Trinajstić information content (AvgIpc) is 3.10. The highest BCUT2D eigenvalue weighted by Crippen LogP contribution is 2.36. The van der Waals surface area contributed by atoms with Crippen LogP contribution in [-0.2, 0) is 0 Å². The van der Waals surface area contributed by atoms with Crippen molar-refractivity contribution in [3.8, 4) is 16.9 Å². The number of hydrogen-bond acceptors (Lipinski definition) is 0. The molecule has 2 aromatic heterocycles. The van der Waals surface area contributed by atoms with E-state index in [9.17, 15) is 0 Å². The molecule has 0 N–H and O–H groups in total.